The number of halogens is 1. The first-order chi connectivity index (χ1) is 21.3. The molecule has 0 bridgehead atoms. The number of amides is 2. The number of carboxylic acids is 1. The Morgan fingerprint density at radius 3 is 2.47 bits per heavy atom. The minimum absolute atomic E-state index is 0.0196. The topological polar surface area (TPSA) is 191 Å². The maximum absolute atomic E-state index is 13.3. The van der Waals surface area contributed by atoms with Crippen LogP contribution in [0.2, 0.25) is 5.02 Å². The standard InChI is InChI=1S/C30H34ClN3O9S2/c1-19-8-7-11-23(30(37)38)28(19)43-15-6-5-14-32-29(36)25(33-44(39,40)21-9-3-2-4-10-21)17-20-12-13-22(24(31)16-20)26-18-27(35)34-45(26,41)42/h2-4,7-13,16,25-26,33,41-42H,5-6,14-15,17-18H2,1H3,(H,32,36)(H,34,35)(H,37,38). The van der Waals surface area contributed by atoms with Crippen LogP contribution in [0.25, 0.3) is 0 Å². The predicted molar refractivity (Wildman–Crippen MR) is 170 cm³/mol. The Bertz CT molecular complexity index is 1670. The molecule has 1 fully saturated rings. The van der Waals surface area contributed by atoms with Gasteiger partial charge in [0.15, 0.2) is 0 Å². The van der Waals surface area contributed by atoms with Gasteiger partial charge in [0.05, 0.1) is 17.9 Å². The minimum Gasteiger partial charge on any atom is -0.492 e. The van der Waals surface area contributed by atoms with Gasteiger partial charge in [0.2, 0.25) is 21.8 Å². The van der Waals surface area contributed by atoms with Gasteiger partial charge >= 0.3 is 5.97 Å². The number of carbonyl (C=O) groups excluding carboxylic acids is 2. The van der Waals surface area contributed by atoms with Crippen molar-refractivity contribution < 1.29 is 41.8 Å². The zero-order valence-electron chi connectivity index (χ0n) is 24.2. The Kier molecular flexibility index (Phi) is 11.1. The van der Waals surface area contributed by atoms with E-state index >= 15 is 0 Å². The maximum Gasteiger partial charge on any atom is 0.339 e. The highest BCUT2D eigenvalue weighted by Gasteiger charge is 2.39. The van der Waals surface area contributed by atoms with Gasteiger partial charge in [0, 0.05) is 11.6 Å². The summed E-state index contributed by atoms with van der Waals surface area (Å²) < 4.78 is 57.1. The van der Waals surface area contributed by atoms with Gasteiger partial charge in [-0.15, -0.1) is 10.8 Å². The van der Waals surface area contributed by atoms with E-state index in [-0.39, 0.29) is 47.2 Å². The van der Waals surface area contributed by atoms with Gasteiger partial charge in [-0.25, -0.2) is 13.2 Å². The van der Waals surface area contributed by atoms with Crippen molar-refractivity contribution in [1.82, 2.24) is 14.8 Å². The van der Waals surface area contributed by atoms with Crippen molar-refractivity contribution in [1.29, 1.82) is 0 Å². The number of sulfonamides is 1. The second-order valence-corrected chi connectivity index (χ2v) is 14.5. The van der Waals surface area contributed by atoms with Crippen LogP contribution in [0, 0.1) is 6.92 Å². The predicted octanol–water partition coefficient (Wildman–Crippen LogP) is 4.44. The van der Waals surface area contributed by atoms with E-state index in [4.69, 9.17) is 16.3 Å². The molecule has 4 rings (SSSR count). The van der Waals surface area contributed by atoms with Crippen molar-refractivity contribution in [3.63, 3.8) is 0 Å². The zero-order chi connectivity index (χ0) is 32.8. The van der Waals surface area contributed by atoms with Crippen LogP contribution in [0.3, 0.4) is 0 Å². The van der Waals surface area contributed by atoms with E-state index in [1.54, 1.807) is 43.3 Å². The fourth-order valence-corrected chi connectivity index (χ4v) is 7.96. The van der Waals surface area contributed by atoms with Crippen LogP contribution >= 0.6 is 22.4 Å². The van der Waals surface area contributed by atoms with Crippen molar-refractivity contribution >= 4 is 50.2 Å². The number of carbonyl (C=O) groups is 3. The molecular formula is C30H34ClN3O9S2. The van der Waals surface area contributed by atoms with Gasteiger partial charge in [-0.1, -0.05) is 54.1 Å². The maximum atomic E-state index is 13.3. The summed E-state index contributed by atoms with van der Waals surface area (Å²) in [6, 6.07) is 15.8. The van der Waals surface area contributed by atoms with Crippen molar-refractivity contribution in [3.8, 4) is 5.75 Å². The van der Waals surface area contributed by atoms with E-state index in [1.165, 1.54) is 30.3 Å². The Labute approximate surface area is 267 Å². The third kappa shape index (κ3) is 8.75. The van der Waals surface area contributed by atoms with Gasteiger partial charge in [0.25, 0.3) is 0 Å². The van der Waals surface area contributed by atoms with Gasteiger partial charge in [-0.3, -0.25) is 23.4 Å². The summed E-state index contributed by atoms with van der Waals surface area (Å²) in [6.07, 6.45) is 0.729. The van der Waals surface area contributed by atoms with Crippen LogP contribution in [-0.4, -0.2) is 59.6 Å². The highest BCUT2D eigenvalue weighted by atomic mass is 35.5. The molecule has 15 heteroatoms. The van der Waals surface area contributed by atoms with Gasteiger partial charge in [-0.05, 0) is 67.1 Å². The van der Waals surface area contributed by atoms with E-state index in [9.17, 15) is 37.0 Å². The van der Waals surface area contributed by atoms with Gasteiger partial charge in [-0.2, -0.15) is 4.72 Å². The third-order valence-corrected chi connectivity index (χ3v) is 10.7. The van der Waals surface area contributed by atoms with Crippen LogP contribution in [0.15, 0.2) is 71.6 Å². The molecule has 2 unspecified atom stereocenters. The molecule has 1 heterocycles. The van der Waals surface area contributed by atoms with Gasteiger partial charge in [0.1, 0.15) is 22.6 Å². The fraction of sp³-hybridized carbons (Fsp3) is 0.300. The summed E-state index contributed by atoms with van der Waals surface area (Å²) in [6.45, 7) is 2.16. The monoisotopic (exact) mass is 679 g/mol. The molecule has 0 radical (unpaired) electrons. The molecule has 2 atom stereocenters. The van der Waals surface area contributed by atoms with E-state index < -0.39 is 49.9 Å². The summed E-state index contributed by atoms with van der Waals surface area (Å²) in [5.74, 6) is -1.90. The van der Waals surface area contributed by atoms with Crippen molar-refractivity contribution in [3.05, 3.63) is 94.0 Å². The quantitative estimate of drug-likeness (QED) is 0.134. The van der Waals surface area contributed by atoms with E-state index in [0.29, 0.717) is 29.5 Å². The Hall–Kier alpha value is -3.66. The molecule has 2 amide bonds. The van der Waals surface area contributed by atoms with Crippen LogP contribution in [0.4, 0.5) is 0 Å². The number of carboxylic acid groups (broad SMARTS) is 1. The molecule has 242 valence electrons. The number of rotatable bonds is 14. The number of benzene rings is 3. The van der Waals surface area contributed by atoms with E-state index in [2.05, 4.69) is 14.8 Å². The van der Waals surface area contributed by atoms with Crippen molar-refractivity contribution in [2.75, 3.05) is 13.2 Å². The number of unbranched alkanes of at least 4 members (excludes halogenated alkanes) is 1. The molecule has 0 aromatic heterocycles. The Morgan fingerprint density at radius 2 is 1.82 bits per heavy atom. The Balaban J connectivity index is 1.42. The summed E-state index contributed by atoms with van der Waals surface area (Å²) >= 11 is 6.46. The fourth-order valence-electron chi connectivity index (χ4n) is 4.84. The zero-order valence-corrected chi connectivity index (χ0v) is 26.6. The molecule has 3 aromatic rings. The lowest BCUT2D eigenvalue weighted by Gasteiger charge is -2.33. The molecule has 1 saturated heterocycles. The summed E-state index contributed by atoms with van der Waals surface area (Å²) in [7, 11) is -7.51. The number of hydrogen-bond acceptors (Lipinski definition) is 8. The van der Waals surface area contributed by atoms with Crippen molar-refractivity contribution in [2.24, 2.45) is 0 Å². The number of nitrogens with one attached hydrogen (secondary N) is 3. The van der Waals surface area contributed by atoms with Crippen LogP contribution in [0.5, 0.6) is 5.75 Å². The largest absolute Gasteiger partial charge is 0.492 e. The molecule has 45 heavy (non-hydrogen) atoms. The molecule has 0 aliphatic carbocycles. The highest BCUT2D eigenvalue weighted by Crippen LogP contribution is 2.57. The lowest BCUT2D eigenvalue weighted by Crippen LogP contribution is -2.48. The second-order valence-electron chi connectivity index (χ2n) is 10.5. The van der Waals surface area contributed by atoms with Crippen LogP contribution in [0.1, 0.15) is 51.6 Å². The number of ether oxygens (including phenoxy) is 1. The smallest absolute Gasteiger partial charge is 0.339 e. The number of para-hydroxylation sites is 1. The first-order valence-corrected chi connectivity index (χ1v) is 17.4. The molecular weight excluding hydrogens is 646 g/mol. The Morgan fingerprint density at radius 1 is 1.09 bits per heavy atom. The van der Waals surface area contributed by atoms with Gasteiger partial charge < -0.3 is 15.2 Å². The molecule has 12 nitrogen and oxygen atoms in total. The molecule has 1 aliphatic rings. The molecule has 6 N–H and O–H groups in total. The normalized spacial score (nSPS) is 17.2. The number of hydrogen-bond donors (Lipinski definition) is 6. The first kappa shape index (κ1) is 34.2. The lowest BCUT2D eigenvalue weighted by atomic mass is 10.0. The average molecular weight is 680 g/mol. The van der Waals surface area contributed by atoms with E-state index in [0.717, 1.165) is 0 Å². The molecule has 3 aromatic carbocycles. The van der Waals surface area contributed by atoms with Crippen LogP contribution < -0.4 is 19.5 Å². The lowest BCUT2D eigenvalue weighted by molar-refractivity contribution is -0.122. The second kappa shape index (κ2) is 14.6. The number of aromatic carboxylic acids is 1. The number of aryl methyl sites for hydroxylation is 1. The molecule has 1 aliphatic heterocycles. The summed E-state index contributed by atoms with van der Waals surface area (Å²) in [5, 5.41) is 11.3. The summed E-state index contributed by atoms with van der Waals surface area (Å²) in [5.41, 5.74) is 1.58. The highest BCUT2D eigenvalue weighted by molar-refractivity contribution is 8.23. The minimum atomic E-state index is -4.08. The third-order valence-electron chi connectivity index (χ3n) is 7.11. The van der Waals surface area contributed by atoms with Crippen molar-refractivity contribution in [2.45, 2.75) is 48.8 Å². The van der Waals surface area contributed by atoms with E-state index in [1.807, 2.05) is 0 Å². The first-order valence-electron chi connectivity index (χ1n) is 14.0. The SMILES string of the molecule is Cc1cccc(C(=O)O)c1OCCCCNC(=O)C(Cc1ccc(C2CC(=O)NS2(O)O)c(Cl)c1)NS(=O)(=O)c1ccccc1. The van der Waals surface area contributed by atoms with Crippen LogP contribution in [-0.2, 0) is 26.0 Å². The molecule has 0 saturated carbocycles. The molecule has 0 spiro atoms. The summed E-state index contributed by atoms with van der Waals surface area (Å²) in [4.78, 5) is 36.5. The average Bonchev–Trinajstić information content (AvgIpc) is 3.26.